The van der Waals surface area contributed by atoms with Gasteiger partial charge in [0.05, 0.1) is 28.9 Å². The molecular weight excluding hydrogens is 608 g/mol. The molecule has 39 heavy (non-hydrogen) atoms. The predicted molar refractivity (Wildman–Crippen MR) is 136 cm³/mol. The van der Waals surface area contributed by atoms with Crippen molar-refractivity contribution in [1.29, 1.82) is 0 Å². The van der Waals surface area contributed by atoms with Crippen LogP contribution in [0.1, 0.15) is 12.0 Å². The van der Waals surface area contributed by atoms with Crippen LogP contribution in [0, 0.1) is 0 Å². The topological polar surface area (TPSA) is 130 Å². The van der Waals surface area contributed by atoms with E-state index in [4.69, 9.17) is 40.5 Å². The molecule has 2 aliphatic heterocycles. The number of sulfone groups is 1. The summed E-state index contributed by atoms with van der Waals surface area (Å²) >= 11 is 18.0. The summed E-state index contributed by atoms with van der Waals surface area (Å²) in [7, 11) is -4.96. The molecule has 0 aromatic heterocycles. The number of hydrogen-bond donors (Lipinski definition) is 2. The van der Waals surface area contributed by atoms with E-state index < -0.39 is 75.2 Å². The van der Waals surface area contributed by atoms with E-state index in [0.717, 1.165) is 12.1 Å². The zero-order chi connectivity index (χ0) is 28.9. The Morgan fingerprint density at radius 3 is 2.26 bits per heavy atom. The quantitative estimate of drug-likeness (QED) is 0.507. The summed E-state index contributed by atoms with van der Waals surface area (Å²) in [5.41, 5.74) is 5.78. The van der Waals surface area contributed by atoms with Gasteiger partial charge in [-0.05, 0) is 35.9 Å². The van der Waals surface area contributed by atoms with E-state index in [-0.39, 0.29) is 16.5 Å². The van der Waals surface area contributed by atoms with Crippen LogP contribution < -0.4 is 11.1 Å². The van der Waals surface area contributed by atoms with Gasteiger partial charge in [0.25, 0.3) is 0 Å². The molecule has 16 heteroatoms. The van der Waals surface area contributed by atoms with Crippen LogP contribution in [-0.4, -0.2) is 72.3 Å². The van der Waals surface area contributed by atoms with Gasteiger partial charge in [0.1, 0.15) is 12.6 Å². The van der Waals surface area contributed by atoms with Gasteiger partial charge < -0.3 is 10.6 Å². The van der Waals surface area contributed by atoms with E-state index in [1.54, 1.807) is 0 Å². The number of halogens is 6. The number of nitrogens with zero attached hydrogens (tertiary/aromatic N) is 2. The Kier molecular flexibility index (Phi) is 7.87. The number of hydrogen-bond acceptors (Lipinski definition) is 6. The Hall–Kier alpha value is -2.58. The van der Waals surface area contributed by atoms with Crippen LogP contribution in [0.2, 0.25) is 15.1 Å². The Morgan fingerprint density at radius 1 is 1.08 bits per heavy atom. The van der Waals surface area contributed by atoms with E-state index in [0.29, 0.717) is 20.4 Å². The Balaban J connectivity index is 1.96. The summed E-state index contributed by atoms with van der Waals surface area (Å²) in [5, 5.41) is 2.52. The number of fused-ring (bicyclic) bond motifs is 1. The van der Waals surface area contributed by atoms with Crippen LogP contribution in [-0.2, 0) is 30.6 Å². The lowest BCUT2D eigenvalue weighted by molar-refractivity contribution is -0.183. The molecule has 2 fully saturated rings. The van der Waals surface area contributed by atoms with E-state index in [1.807, 2.05) is 0 Å². The second kappa shape index (κ2) is 10.4. The van der Waals surface area contributed by atoms with Gasteiger partial charge in [0.2, 0.25) is 32.6 Å². The first-order valence-electron chi connectivity index (χ1n) is 11.2. The number of piperazine rings is 1. The number of rotatable bonds is 6. The predicted octanol–water partition coefficient (Wildman–Crippen LogP) is 2.77. The highest BCUT2D eigenvalue weighted by atomic mass is 35.5. The number of alkyl halides is 3. The van der Waals surface area contributed by atoms with E-state index >= 15 is 0 Å². The van der Waals surface area contributed by atoms with Gasteiger partial charge in [0.15, 0.2) is 0 Å². The first-order valence-corrected chi connectivity index (χ1v) is 13.9. The van der Waals surface area contributed by atoms with Crippen molar-refractivity contribution < 1.29 is 36.0 Å². The van der Waals surface area contributed by atoms with Crippen LogP contribution in [0.3, 0.4) is 0 Å². The normalized spacial score (nSPS) is 24.1. The van der Waals surface area contributed by atoms with Crippen molar-refractivity contribution in [2.24, 2.45) is 5.73 Å². The molecule has 0 bridgehead atoms. The third kappa shape index (κ3) is 5.55. The zero-order valence-corrected chi connectivity index (χ0v) is 22.8. The molecule has 0 aliphatic carbocycles. The fraction of sp³-hybridized carbons (Fsp3) is 0.348. The molecule has 0 saturated carbocycles. The SMILES string of the molecule is NC(=O)C1CC(=O)N2C(Cc3ccc(Cl)cc3)C(=O)N(CC(F)(F)F)CC2(S(=O)(=O)c2ccc(Cl)cc2Cl)N1. The molecule has 0 radical (unpaired) electrons. The third-order valence-electron chi connectivity index (χ3n) is 6.43. The molecule has 210 valence electrons. The molecule has 2 heterocycles. The molecule has 4 rings (SSSR count). The summed E-state index contributed by atoms with van der Waals surface area (Å²) in [6, 6.07) is 5.92. The largest absolute Gasteiger partial charge is 0.406 e. The standard InChI is InChI=1S/C23H20Cl3F3N4O5S/c24-13-3-1-12(2-4-13)7-17-21(36)32(10-22(27,28)29)11-23(31-16(20(30)35)9-19(34)33(17)23)39(37,38)18-6-5-14(25)8-15(18)26/h1-6,8,16-17,31H,7,9-11H2,(H2,30,35). The number of nitrogens with one attached hydrogen (secondary N) is 1. The molecule has 3 N–H and O–H groups in total. The first-order chi connectivity index (χ1) is 18.1. The number of carbonyl (C=O) groups excluding carboxylic acids is 3. The van der Waals surface area contributed by atoms with E-state index in [1.165, 1.54) is 30.3 Å². The van der Waals surface area contributed by atoms with Crippen LogP contribution in [0.25, 0.3) is 0 Å². The highest BCUT2D eigenvalue weighted by molar-refractivity contribution is 7.93. The van der Waals surface area contributed by atoms with Crippen molar-refractivity contribution in [3.05, 3.63) is 63.1 Å². The molecule has 3 unspecified atom stereocenters. The summed E-state index contributed by atoms with van der Waals surface area (Å²) in [6.07, 6.45) is -5.91. The van der Waals surface area contributed by atoms with E-state index in [2.05, 4.69) is 5.32 Å². The van der Waals surface area contributed by atoms with Gasteiger partial charge in [-0.15, -0.1) is 0 Å². The van der Waals surface area contributed by atoms with Crippen LogP contribution in [0.15, 0.2) is 47.4 Å². The van der Waals surface area contributed by atoms with Crippen molar-refractivity contribution in [2.75, 3.05) is 13.1 Å². The molecule has 2 saturated heterocycles. The first kappa shape index (κ1) is 29.4. The molecule has 2 aliphatic rings. The van der Waals surface area contributed by atoms with Gasteiger partial charge in [-0.3, -0.25) is 24.6 Å². The zero-order valence-electron chi connectivity index (χ0n) is 19.7. The number of primary amides is 1. The van der Waals surface area contributed by atoms with Crippen molar-refractivity contribution in [3.63, 3.8) is 0 Å². The smallest absolute Gasteiger partial charge is 0.368 e. The van der Waals surface area contributed by atoms with Crippen LogP contribution in [0.4, 0.5) is 13.2 Å². The summed E-state index contributed by atoms with van der Waals surface area (Å²) < 4.78 is 69.4. The van der Waals surface area contributed by atoms with Crippen molar-refractivity contribution in [3.8, 4) is 0 Å². The Bertz CT molecular complexity index is 1440. The van der Waals surface area contributed by atoms with Crippen molar-refractivity contribution in [1.82, 2.24) is 15.1 Å². The fourth-order valence-electron chi connectivity index (χ4n) is 4.78. The van der Waals surface area contributed by atoms with E-state index in [9.17, 15) is 36.0 Å². The number of carbonyl (C=O) groups is 3. The number of nitrogens with two attached hydrogens (primary N) is 1. The third-order valence-corrected chi connectivity index (χ3v) is 9.61. The summed E-state index contributed by atoms with van der Waals surface area (Å²) in [5.74, 6) is -3.23. The van der Waals surface area contributed by atoms with Crippen molar-refractivity contribution >= 4 is 62.4 Å². The minimum atomic E-state index is -4.96. The van der Waals surface area contributed by atoms with Gasteiger partial charge in [0, 0.05) is 16.5 Å². The lowest BCUT2D eigenvalue weighted by Gasteiger charge is -2.56. The maximum absolute atomic E-state index is 14.3. The van der Waals surface area contributed by atoms with Gasteiger partial charge in [-0.2, -0.15) is 13.2 Å². The molecule has 9 nitrogen and oxygen atoms in total. The molecule has 3 amide bonds. The van der Waals surface area contributed by atoms with Gasteiger partial charge in [-0.25, -0.2) is 8.42 Å². The van der Waals surface area contributed by atoms with Crippen LogP contribution >= 0.6 is 34.8 Å². The maximum atomic E-state index is 14.3. The molecular formula is C23H20Cl3F3N4O5S. The number of amides is 3. The Labute approximate surface area is 235 Å². The average Bonchev–Trinajstić information content (AvgIpc) is 2.81. The molecule has 0 spiro atoms. The average molecular weight is 628 g/mol. The minimum Gasteiger partial charge on any atom is -0.368 e. The fourth-order valence-corrected chi connectivity index (χ4v) is 7.66. The lowest BCUT2D eigenvalue weighted by atomic mass is 9.96. The lowest BCUT2D eigenvalue weighted by Crippen LogP contribution is -2.82. The highest BCUT2D eigenvalue weighted by Crippen LogP contribution is 2.41. The molecule has 3 atom stereocenters. The monoisotopic (exact) mass is 626 g/mol. The van der Waals surface area contributed by atoms with Crippen molar-refractivity contribution in [2.45, 2.75) is 41.0 Å². The van der Waals surface area contributed by atoms with Gasteiger partial charge in [-0.1, -0.05) is 46.9 Å². The summed E-state index contributed by atoms with van der Waals surface area (Å²) in [6.45, 7) is -2.99. The van der Waals surface area contributed by atoms with Gasteiger partial charge >= 0.3 is 6.18 Å². The minimum absolute atomic E-state index is 0.0640. The molecule has 2 aromatic carbocycles. The second-order valence-corrected chi connectivity index (χ2v) is 12.5. The van der Waals surface area contributed by atoms with Crippen LogP contribution in [0.5, 0.6) is 0 Å². The number of benzene rings is 2. The highest BCUT2D eigenvalue weighted by Gasteiger charge is 2.64. The maximum Gasteiger partial charge on any atom is 0.406 e. The summed E-state index contributed by atoms with van der Waals surface area (Å²) in [4.78, 5) is 36.8. The second-order valence-electron chi connectivity index (χ2n) is 9.09. The Morgan fingerprint density at radius 2 is 1.69 bits per heavy atom. The molecule has 2 aromatic rings.